The second kappa shape index (κ2) is 12.0. The van der Waals surface area contributed by atoms with E-state index >= 15 is 0 Å². The molecule has 3 N–H and O–H groups in total. The van der Waals surface area contributed by atoms with Crippen molar-refractivity contribution < 1.29 is 35.8 Å². The average molecular weight is 712 g/mol. The number of halogens is 2. The van der Waals surface area contributed by atoms with Gasteiger partial charge in [0.2, 0.25) is 0 Å². The lowest BCUT2D eigenvalue weighted by Crippen LogP contribution is -2.35. The van der Waals surface area contributed by atoms with E-state index in [0.29, 0.717) is 21.4 Å². The number of nitrogens with zero attached hydrogens (tertiary/aromatic N) is 2. The molecule has 2 aromatic rings. The van der Waals surface area contributed by atoms with Crippen molar-refractivity contribution in [2.75, 3.05) is 34.4 Å². The van der Waals surface area contributed by atoms with Gasteiger partial charge in [-0.1, -0.05) is 50.9 Å². The van der Waals surface area contributed by atoms with Crippen LogP contribution in [-0.2, 0) is 35.9 Å². The molecule has 0 fully saturated rings. The van der Waals surface area contributed by atoms with Crippen molar-refractivity contribution in [3.63, 3.8) is 0 Å². The summed E-state index contributed by atoms with van der Waals surface area (Å²) in [7, 11) is -8.36. The molecular formula is C32H36Cl2N2O8S2. The number of hydrogen-bond donors (Lipinski definition) is 3. The van der Waals surface area contributed by atoms with Gasteiger partial charge in [-0.05, 0) is 72.5 Å². The van der Waals surface area contributed by atoms with Gasteiger partial charge in [-0.2, -0.15) is 16.8 Å². The predicted molar refractivity (Wildman–Crippen MR) is 180 cm³/mol. The molecule has 1 atom stereocenters. The van der Waals surface area contributed by atoms with Gasteiger partial charge < -0.3 is 14.9 Å². The molecule has 0 amide bonds. The van der Waals surface area contributed by atoms with E-state index < -0.39 is 48.5 Å². The Kier molecular flexibility index (Phi) is 8.98. The number of ketones is 1. The SMILES string of the molecule is CC1(C)/C(=C/C2C(=O)C(/C=C3/N(CCCS(=O)(=O)O)c4ccc(Cl)cc4C3(C)C)=C2O)N(CCCS(=O)(=O)O)c2ccc(Cl)cc21. The summed E-state index contributed by atoms with van der Waals surface area (Å²) in [6.07, 6.45) is 3.57. The van der Waals surface area contributed by atoms with Crippen molar-refractivity contribution >= 4 is 60.6 Å². The van der Waals surface area contributed by atoms with Crippen molar-refractivity contribution in [3.8, 4) is 0 Å². The molecule has 2 aromatic carbocycles. The summed E-state index contributed by atoms with van der Waals surface area (Å²) in [6.45, 7) is 8.27. The molecule has 5 rings (SSSR count). The summed E-state index contributed by atoms with van der Waals surface area (Å²) >= 11 is 12.6. The zero-order valence-corrected chi connectivity index (χ0v) is 28.9. The first kappa shape index (κ1) is 34.5. The number of benzene rings is 2. The first-order valence-electron chi connectivity index (χ1n) is 14.7. The van der Waals surface area contributed by atoms with Crippen LogP contribution in [0, 0.1) is 5.92 Å². The number of aliphatic hydroxyl groups excluding tert-OH is 1. The zero-order valence-electron chi connectivity index (χ0n) is 25.8. The Morgan fingerprint density at radius 1 is 0.783 bits per heavy atom. The van der Waals surface area contributed by atoms with Crippen molar-refractivity contribution in [3.05, 3.63) is 92.4 Å². The number of hydrogen-bond acceptors (Lipinski definition) is 8. The van der Waals surface area contributed by atoms with Crippen LogP contribution in [0.25, 0.3) is 0 Å². The fourth-order valence-corrected chi connectivity index (χ4v) is 7.98. The number of anilines is 2. The van der Waals surface area contributed by atoms with E-state index in [9.17, 15) is 35.8 Å². The van der Waals surface area contributed by atoms with Gasteiger partial charge in [0.15, 0.2) is 5.78 Å². The standard InChI is InChI=1S/C32H36Cl2N2O8S2/c1-31(2)23-15-19(33)7-9-25(23)35(11-5-13-45(39,40)41)27(31)17-21-29(37)22(30(21)38)18-28-32(3,4)24-16-20(34)8-10-26(24)36(28)12-6-14-46(42,43)44/h7-10,15-18,21,37H,5-6,11-14H2,1-4H3,(H,39,40,41)(H,42,43,44)/b27-17-,28-18+. The fourth-order valence-electron chi connectivity index (χ4n) is 6.65. The molecule has 0 bridgehead atoms. The first-order valence-corrected chi connectivity index (χ1v) is 18.7. The summed E-state index contributed by atoms with van der Waals surface area (Å²) in [6, 6.07) is 10.7. The summed E-state index contributed by atoms with van der Waals surface area (Å²) < 4.78 is 64.3. The third-order valence-electron chi connectivity index (χ3n) is 9.00. The maximum absolute atomic E-state index is 13.7. The van der Waals surface area contributed by atoms with Crippen molar-refractivity contribution in [2.45, 2.75) is 51.4 Å². The van der Waals surface area contributed by atoms with Crippen LogP contribution < -0.4 is 9.80 Å². The van der Waals surface area contributed by atoms with Crippen LogP contribution in [0.5, 0.6) is 0 Å². The van der Waals surface area contributed by atoms with Gasteiger partial charge in [-0.15, -0.1) is 0 Å². The van der Waals surface area contributed by atoms with E-state index in [0.717, 1.165) is 22.5 Å². The molecule has 0 saturated carbocycles. The quantitative estimate of drug-likeness (QED) is 0.242. The average Bonchev–Trinajstić information content (AvgIpc) is 3.26. The minimum Gasteiger partial charge on any atom is -0.510 e. The van der Waals surface area contributed by atoms with Gasteiger partial charge in [-0.25, -0.2) is 0 Å². The van der Waals surface area contributed by atoms with E-state index in [1.54, 1.807) is 24.3 Å². The Balaban J connectivity index is 1.52. The van der Waals surface area contributed by atoms with Crippen molar-refractivity contribution in [1.29, 1.82) is 0 Å². The molecule has 0 saturated heterocycles. The third-order valence-corrected chi connectivity index (χ3v) is 11.1. The zero-order chi connectivity index (χ0) is 34.0. The van der Waals surface area contributed by atoms with E-state index in [-0.39, 0.29) is 43.0 Å². The molecule has 3 aliphatic rings. The normalized spacial score (nSPS) is 22.1. The number of carbonyl (C=O) groups is 1. The van der Waals surface area contributed by atoms with Crippen LogP contribution in [0.15, 0.2) is 71.3 Å². The summed E-state index contributed by atoms with van der Waals surface area (Å²) in [5.41, 5.74) is 3.48. The topological polar surface area (TPSA) is 153 Å². The Bertz CT molecular complexity index is 1930. The number of carbonyl (C=O) groups excluding carboxylic acids is 1. The Morgan fingerprint density at radius 3 is 1.65 bits per heavy atom. The highest BCUT2D eigenvalue weighted by molar-refractivity contribution is 7.86. The van der Waals surface area contributed by atoms with Gasteiger partial charge in [0.05, 0.1) is 17.1 Å². The van der Waals surface area contributed by atoms with E-state index in [1.807, 2.05) is 61.8 Å². The Hall–Kier alpha value is -2.87. The second-order valence-corrected chi connectivity index (χ2v) is 16.9. The monoisotopic (exact) mass is 710 g/mol. The first-order chi connectivity index (χ1) is 21.2. The predicted octanol–water partition coefficient (Wildman–Crippen LogP) is 6.22. The number of aliphatic hydroxyl groups is 1. The number of rotatable bonds is 10. The lowest BCUT2D eigenvalue weighted by molar-refractivity contribution is -0.120. The molecule has 2 heterocycles. The molecule has 1 aliphatic carbocycles. The molecule has 14 heteroatoms. The van der Waals surface area contributed by atoms with Crippen LogP contribution in [0.1, 0.15) is 51.7 Å². The highest BCUT2D eigenvalue weighted by atomic mass is 35.5. The summed E-state index contributed by atoms with van der Waals surface area (Å²) in [5.74, 6) is -2.27. The minimum atomic E-state index is -4.18. The van der Waals surface area contributed by atoms with Gasteiger partial charge in [-0.3, -0.25) is 13.9 Å². The third kappa shape index (κ3) is 6.48. The smallest absolute Gasteiger partial charge is 0.264 e. The number of fused-ring (bicyclic) bond motifs is 2. The molecule has 0 radical (unpaired) electrons. The number of allylic oxidation sites excluding steroid dienone is 5. The summed E-state index contributed by atoms with van der Waals surface area (Å²) in [4.78, 5) is 17.5. The second-order valence-electron chi connectivity index (χ2n) is 12.9. The Morgan fingerprint density at radius 2 is 1.22 bits per heavy atom. The fraction of sp³-hybridized carbons (Fsp3) is 0.406. The van der Waals surface area contributed by atoms with Gasteiger partial charge in [0.1, 0.15) is 11.7 Å². The van der Waals surface area contributed by atoms with Crippen LogP contribution in [0.3, 0.4) is 0 Å². The molecule has 0 aromatic heterocycles. The summed E-state index contributed by atoms with van der Waals surface area (Å²) in [5, 5.41) is 12.4. The highest BCUT2D eigenvalue weighted by Gasteiger charge is 2.46. The van der Waals surface area contributed by atoms with Gasteiger partial charge >= 0.3 is 0 Å². The highest BCUT2D eigenvalue weighted by Crippen LogP contribution is 2.52. The van der Waals surface area contributed by atoms with Crippen molar-refractivity contribution in [2.24, 2.45) is 5.92 Å². The molecule has 2 aliphatic heterocycles. The van der Waals surface area contributed by atoms with E-state index in [1.165, 1.54) is 0 Å². The maximum atomic E-state index is 13.7. The molecule has 46 heavy (non-hydrogen) atoms. The molecule has 10 nitrogen and oxygen atoms in total. The lowest BCUT2D eigenvalue weighted by Gasteiger charge is -2.32. The lowest BCUT2D eigenvalue weighted by atomic mass is 9.76. The largest absolute Gasteiger partial charge is 0.510 e. The van der Waals surface area contributed by atoms with Crippen LogP contribution in [-0.4, -0.2) is 61.4 Å². The molecule has 1 unspecified atom stereocenters. The van der Waals surface area contributed by atoms with Gasteiger partial charge in [0.25, 0.3) is 20.2 Å². The molecule has 0 spiro atoms. The van der Waals surface area contributed by atoms with Crippen LogP contribution in [0.2, 0.25) is 10.0 Å². The number of Topliss-reactive ketones (excluding diaryl/α,β-unsaturated/α-hetero) is 1. The minimum absolute atomic E-state index is 0.120. The van der Waals surface area contributed by atoms with E-state index in [4.69, 9.17) is 23.2 Å². The van der Waals surface area contributed by atoms with Crippen LogP contribution in [0.4, 0.5) is 11.4 Å². The Labute approximate surface area is 279 Å². The maximum Gasteiger partial charge on any atom is 0.264 e. The van der Waals surface area contributed by atoms with Crippen LogP contribution >= 0.6 is 23.2 Å². The van der Waals surface area contributed by atoms with E-state index in [2.05, 4.69) is 0 Å². The van der Waals surface area contributed by atoms with Gasteiger partial charge in [0, 0.05) is 56.7 Å². The molecular weight excluding hydrogens is 675 g/mol. The molecule has 248 valence electrons. The van der Waals surface area contributed by atoms with Crippen molar-refractivity contribution in [1.82, 2.24) is 0 Å².